The average Bonchev–Trinajstić information content (AvgIpc) is 3.18. The van der Waals surface area contributed by atoms with Crippen molar-refractivity contribution in [2.45, 2.75) is 51.5 Å². The molecule has 4 rings (SSSR count). The van der Waals surface area contributed by atoms with Gasteiger partial charge >= 0.3 is 0 Å². The molecular weight excluding hydrogens is 364 g/mol. The smallest absolute Gasteiger partial charge is 0.165 e. The molecule has 29 heavy (non-hydrogen) atoms. The number of aliphatic hydroxyl groups excluding tert-OH is 1. The van der Waals surface area contributed by atoms with Gasteiger partial charge in [0.25, 0.3) is 0 Å². The van der Waals surface area contributed by atoms with Crippen LogP contribution in [0.15, 0.2) is 36.7 Å². The first-order valence-electron chi connectivity index (χ1n) is 10.5. The third-order valence-electron chi connectivity index (χ3n) is 5.95. The second-order valence-corrected chi connectivity index (χ2v) is 8.07. The van der Waals surface area contributed by atoms with Crippen LogP contribution in [0.3, 0.4) is 0 Å². The summed E-state index contributed by atoms with van der Waals surface area (Å²) in [5.74, 6) is 2.30. The van der Waals surface area contributed by atoms with E-state index in [1.807, 2.05) is 29.0 Å². The monoisotopic (exact) mass is 394 g/mol. The Kier molecular flexibility index (Phi) is 5.72. The van der Waals surface area contributed by atoms with Gasteiger partial charge in [0.05, 0.1) is 18.9 Å². The summed E-state index contributed by atoms with van der Waals surface area (Å²) in [5.41, 5.74) is 4.08. The minimum absolute atomic E-state index is 0.207. The highest BCUT2D eigenvalue weighted by Crippen LogP contribution is 2.36. The second kappa shape index (κ2) is 8.41. The van der Waals surface area contributed by atoms with E-state index in [0.717, 1.165) is 54.1 Å². The lowest BCUT2D eigenvalue weighted by Crippen LogP contribution is -2.41. The summed E-state index contributed by atoms with van der Waals surface area (Å²) in [4.78, 5) is 7.04. The van der Waals surface area contributed by atoms with Crippen LogP contribution in [0.2, 0.25) is 0 Å². The van der Waals surface area contributed by atoms with Crippen LogP contribution in [0, 0.1) is 0 Å². The molecule has 1 fully saturated rings. The maximum atomic E-state index is 9.50. The third-order valence-corrected chi connectivity index (χ3v) is 5.95. The van der Waals surface area contributed by atoms with Gasteiger partial charge in [-0.3, -0.25) is 0 Å². The molecule has 0 spiro atoms. The summed E-state index contributed by atoms with van der Waals surface area (Å²) in [5, 5.41) is 14.2. The molecule has 0 amide bonds. The molecule has 1 atom stereocenters. The normalized spacial score (nSPS) is 17.3. The molecule has 1 unspecified atom stereocenters. The van der Waals surface area contributed by atoms with Gasteiger partial charge in [-0.1, -0.05) is 19.9 Å². The summed E-state index contributed by atoms with van der Waals surface area (Å²) >= 11 is 0. The number of benzene rings is 1. The van der Waals surface area contributed by atoms with Crippen molar-refractivity contribution < 1.29 is 9.84 Å². The number of hydrogen-bond acceptors (Lipinski definition) is 5. The number of anilines is 1. The molecule has 0 bridgehead atoms. The lowest BCUT2D eigenvalue weighted by atomic mass is 9.97. The fourth-order valence-electron chi connectivity index (χ4n) is 4.33. The van der Waals surface area contributed by atoms with Crippen molar-refractivity contribution >= 4 is 11.5 Å². The van der Waals surface area contributed by atoms with Gasteiger partial charge in [-0.2, -0.15) is 9.61 Å². The van der Waals surface area contributed by atoms with Crippen LogP contribution in [0.5, 0.6) is 5.75 Å². The van der Waals surface area contributed by atoms with Crippen molar-refractivity contribution in [2.75, 3.05) is 25.2 Å². The van der Waals surface area contributed by atoms with Crippen molar-refractivity contribution in [2.24, 2.45) is 0 Å². The van der Waals surface area contributed by atoms with Crippen LogP contribution >= 0.6 is 0 Å². The summed E-state index contributed by atoms with van der Waals surface area (Å²) in [6, 6.07) is 8.70. The van der Waals surface area contributed by atoms with Crippen LogP contribution < -0.4 is 9.64 Å². The van der Waals surface area contributed by atoms with Gasteiger partial charge in [0.1, 0.15) is 11.6 Å². The number of piperidine rings is 1. The van der Waals surface area contributed by atoms with Crippen molar-refractivity contribution in [3.63, 3.8) is 0 Å². The molecule has 6 nitrogen and oxygen atoms in total. The predicted octanol–water partition coefficient (Wildman–Crippen LogP) is 4.27. The lowest BCUT2D eigenvalue weighted by Gasteiger charge is -2.37. The molecule has 1 N–H and O–H groups in total. The van der Waals surface area contributed by atoms with Crippen LogP contribution in [0.1, 0.15) is 51.0 Å². The van der Waals surface area contributed by atoms with Crippen LogP contribution in [-0.4, -0.2) is 46.0 Å². The number of rotatable bonds is 6. The Balaban J connectivity index is 1.82. The highest BCUT2D eigenvalue weighted by atomic mass is 16.5. The second-order valence-electron chi connectivity index (χ2n) is 8.07. The molecule has 0 aliphatic carbocycles. The standard InChI is InChI=1S/C23H30N4O2/c1-16(2)17-7-8-21(29-3)19(14-17)20-15-25-27-22(9-11-24-23(20)27)26-12-5-4-6-18(26)10-13-28/h7-9,11,14-16,18,28H,4-6,10,12-13H2,1-3H3. The Hall–Kier alpha value is -2.60. The van der Waals surface area contributed by atoms with Gasteiger partial charge in [0.15, 0.2) is 5.65 Å². The number of methoxy groups -OCH3 is 1. The van der Waals surface area contributed by atoms with Crippen LogP contribution in [0.25, 0.3) is 16.8 Å². The molecule has 2 aromatic heterocycles. The maximum absolute atomic E-state index is 9.50. The Bertz CT molecular complexity index is 980. The topological polar surface area (TPSA) is 62.9 Å². The van der Waals surface area contributed by atoms with E-state index in [-0.39, 0.29) is 6.61 Å². The first-order valence-corrected chi connectivity index (χ1v) is 10.5. The van der Waals surface area contributed by atoms with E-state index in [1.54, 1.807) is 7.11 Å². The van der Waals surface area contributed by atoms with Crippen molar-refractivity contribution in [1.29, 1.82) is 0 Å². The summed E-state index contributed by atoms with van der Waals surface area (Å²) in [6.07, 6.45) is 7.99. The summed E-state index contributed by atoms with van der Waals surface area (Å²) in [6.45, 7) is 5.56. The first-order chi connectivity index (χ1) is 14.1. The quantitative estimate of drug-likeness (QED) is 0.676. The summed E-state index contributed by atoms with van der Waals surface area (Å²) < 4.78 is 7.58. The molecule has 0 saturated carbocycles. The van der Waals surface area contributed by atoms with Gasteiger partial charge < -0.3 is 14.7 Å². The van der Waals surface area contributed by atoms with E-state index in [0.29, 0.717) is 12.0 Å². The van der Waals surface area contributed by atoms with E-state index >= 15 is 0 Å². The zero-order chi connectivity index (χ0) is 20.4. The van der Waals surface area contributed by atoms with E-state index in [4.69, 9.17) is 9.84 Å². The van der Waals surface area contributed by atoms with Crippen LogP contribution in [-0.2, 0) is 0 Å². The Morgan fingerprint density at radius 3 is 2.83 bits per heavy atom. The molecule has 6 heteroatoms. The van der Waals surface area contributed by atoms with E-state index < -0.39 is 0 Å². The fourth-order valence-corrected chi connectivity index (χ4v) is 4.33. The molecule has 3 heterocycles. The molecule has 1 aliphatic heterocycles. The van der Waals surface area contributed by atoms with Gasteiger partial charge in [-0.25, -0.2) is 4.98 Å². The SMILES string of the molecule is COc1ccc(C(C)C)cc1-c1cnn2c(N3CCCCC3CCO)ccnc12. The van der Waals surface area contributed by atoms with Gasteiger partial charge in [0, 0.05) is 31.0 Å². The average molecular weight is 395 g/mol. The molecule has 1 saturated heterocycles. The number of hydrogen-bond donors (Lipinski definition) is 1. The largest absolute Gasteiger partial charge is 0.496 e. The Morgan fingerprint density at radius 1 is 1.21 bits per heavy atom. The van der Waals surface area contributed by atoms with Crippen LogP contribution in [0.4, 0.5) is 5.82 Å². The minimum Gasteiger partial charge on any atom is -0.496 e. The first kappa shape index (κ1) is 19.7. The summed E-state index contributed by atoms with van der Waals surface area (Å²) in [7, 11) is 1.70. The minimum atomic E-state index is 0.207. The molecule has 1 aromatic carbocycles. The van der Waals surface area contributed by atoms with E-state index in [9.17, 15) is 5.11 Å². The third kappa shape index (κ3) is 3.69. The zero-order valence-corrected chi connectivity index (χ0v) is 17.5. The Morgan fingerprint density at radius 2 is 2.07 bits per heavy atom. The predicted molar refractivity (Wildman–Crippen MR) is 116 cm³/mol. The van der Waals surface area contributed by atoms with Gasteiger partial charge in [0.2, 0.25) is 0 Å². The number of fused-ring (bicyclic) bond motifs is 1. The van der Waals surface area contributed by atoms with Crippen molar-refractivity contribution in [1.82, 2.24) is 14.6 Å². The van der Waals surface area contributed by atoms with Crippen molar-refractivity contribution in [3.05, 3.63) is 42.2 Å². The molecule has 154 valence electrons. The highest BCUT2D eigenvalue weighted by molar-refractivity contribution is 5.82. The highest BCUT2D eigenvalue weighted by Gasteiger charge is 2.25. The van der Waals surface area contributed by atoms with Gasteiger partial charge in [-0.05, 0) is 55.4 Å². The lowest BCUT2D eigenvalue weighted by molar-refractivity contribution is 0.262. The fraction of sp³-hybridized carbons (Fsp3) is 0.478. The molecule has 0 radical (unpaired) electrons. The van der Waals surface area contributed by atoms with E-state index in [1.165, 1.54) is 12.0 Å². The maximum Gasteiger partial charge on any atom is 0.165 e. The van der Waals surface area contributed by atoms with Crippen molar-refractivity contribution in [3.8, 4) is 16.9 Å². The number of aromatic nitrogens is 3. The number of ether oxygens (including phenoxy) is 1. The van der Waals surface area contributed by atoms with E-state index in [2.05, 4.69) is 35.9 Å². The zero-order valence-electron chi connectivity index (χ0n) is 17.5. The molecule has 3 aromatic rings. The number of aliphatic hydroxyl groups is 1. The van der Waals surface area contributed by atoms with Gasteiger partial charge in [-0.15, -0.1) is 0 Å². The molecular formula is C23H30N4O2. The Labute approximate surface area is 172 Å². The number of nitrogens with zero attached hydrogens (tertiary/aromatic N) is 4. The molecule has 1 aliphatic rings.